The molecule has 132 valence electrons. The van der Waals surface area contributed by atoms with Crippen molar-refractivity contribution in [1.82, 2.24) is 10.6 Å². The smallest absolute Gasteiger partial charge is 0.407 e. The molecule has 0 fully saturated rings. The maximum Gasteiger partial charge on any atom is 0.407 e. The Morgan fingerprint density at radius 3 is 2.80 bits per heavy atom. The molecular formula is C15H17N5O5. The van der Waals surface area contributed by atoms with Gasteiger partial charge in [-0.25, -0.2) is 4.79 Å². The summed E-state index contributed by atoms with van der Waals surface area (Å²) in [5, 5.41) is 27.3. The van der Waals surface area contributed by atoms with Crippen molar-refractivity contribution >= 4 is 23.4 Å². The number of anilines is 1. The number of ether oxygens (including phenoxy) is 1. The fourth-order valence-corrected chi connectivity index (χ4v) is 1.64. The van der Waals surface area contributed by atoms with Gasteiger partial charge in [0.2, 0.25) is 0 Å². The number of non-ortho nitro benzene ring substituents is 1. The van der Waals surface area contributed by atoms with Crippen LogP contribution < -0.4 is 16.0 Å². The van der Waals surface area contributed by atoms with Crippen molar-refractivity contribution < 1.29 is 19.2 Å². The van der Waals surface area contributed by atoms with Crippen LogP contribution in [-0.2, 0) is 9.53 Å². The summed E-state index contributed by atoms with van der Waals surface area (Å²) in [6.45, 7) is 2.45. The maximum absolute atomic E-state index is 12.0. The molecule has 1 aromatic rings. The number of carbonyl (C=O) groups is 2. The number of alkyl carbamates (subject to hydrolysis) is 1. The first-order valence-electron chi connectivity index (χ1n) is 7.28. The van der Waals surface area contributed by atoms with Gasteiger partial charge < -0.3 is 20.7 Å². The van der Waals surface area contributed by atoms with E-state index in [-0.39, 0.29) is 36.6 Å². The standard InChI is InChI=1S/C15H17N5O5/c1-2-25-15(22)18-7-6-17-10-11(9-16)14(21)19-12-4-3-5-13(8-12)20(23)24/h3-5,8,10,17H,2,6-7H2,1H3,(H,18,22)(H,19,21)/b11-10-. The van der Waals surface area contributed by atoms with E-state index < -0.39 is 16.9 Å². The lowest BCUT2D eigenvalue weighted by molar-refractivity contribution is -0.384. The topological polar surface area (TPSA) is 146 Å². The van der Waals surface area contributed by atoms with Crippen LogP contribution >= 0.6 is 0 Å². The molecule has 0 bridgehead atoms. The highest BCUT2D eigenvalue weighted by molar-refractivity contribution is 6.06. The van der Waals surface area contributed by atoms with Crippen LogP contribution in [0.15, 0.2) is 36.0 Å². The zero-order valence-corrected chi connectivity index (χ0v) is 13.4. The molecule has 0 aromatic heterocycles. The van der Waals surface area contributed by atoms with Crippen molar-refractivity contribution in [3.63, 3.8) is 0 Å². The lowest BCUT2D eigenvalue weighted by Gasteiger charge is -2.06. The predicted molar refractivity (Wildman–Crippen MR) is 88.4 cm³/mol. The number of nitrogens with one attached hydrogen (secondary N) is 3. The molecule has 3 N–H and O–H groups in total. The van der Waals surface area contributed by atoms with Crippen molar-refractivity contribution in [3.8, 4) is 6.07 Å². The largest absolute Gasteiger partial charge is 0.450 e. The van der Waals surface area contributed by atoms with Crippen molar-refractivity contribution in [2.24, 2.45) is 0 Å². The van der Waals surface area contributed by atoms with Gasteiger partial charge in [0.1, 0.15) is 11.6 Å². The van der Waals surface area contributed by atoms with Crippen LogP contribution in [0.3, 0.4) is 0 Å². The number of nitro benzene ring substituents is 1. The number of rotatable bonds is 8. The quantitative estimate of drug-likeness (QED) is 0.211. The van der Waals surface area contributed by atoms with Crippen LogP contribution in [0.5, 0.6) is 0 Å². The van der Waals surface area contributed by atoms with Gasteiger partial charge in [-0.1, -0.05) is 6.07 Å². The molecule has 0 radical (unpaired) electrons. The molecule has 1 rings (SSSR count). The van der Waals surface area contributed by atoms with Gasteiger partial charge in [0.15, 0.2) is 0 Å². The van der Waals surface area contributed by atoms with E-state index in [0.29, 0.717) is 0 Å². The molecule has 1 aromatic carbocycles. The second-order valence-corrected chi connectivity index (χ2v) is 4.53. The van der Waals surface area contributed by atoms with Crippen LogP contribution in [-0.4, -0.2) is 36.6 Å². The Kier molecular flexibility index (Phi) is 7.94. The van der Waals surface area contributed by atoms with E-state index in [2.05, 4.69) is 20.7 Å². The molecule has 10 heteroatoms. The molecule has 10 nitrogen and oxygen atoms in total. The van der Waals surface area contributed by atoms with E-state index in [0.717, 1.165) is 0 Å². The average molecular weight is 347 g/mol. The van der Waals surface area contributed by atoms with Gasteiger partial charge in [-0.05, 0) is 13.0 Å². The molecule has 0 heterocycles. The highest BCUT2D eigenvalue weighted by atomic mass is 16.6. The Bertz CT molecular complexity index is 711. The Morgan fingerprint density at radius 1 is 1.40 bits per heavy atom. The summed E-state index contributed by atoms with van der Waals surface area (Å²) in [5.74, 6) is -0.714. The van der Waals surface area contributed by atoms with Crippen molar-refractivity contribution in [1.29, 1.82) is 5.26 Å². The average Bonchev–Trinajstić information content (AvgIpc) is 2.58. The number of carbonyl (C=O) groups excluding carboxylic acids is 2. The van der Waals surface area contributed by atoms with Crippen LogP contribution in [0.4, 0.5) is 16.2 Å². The second-order valence-electron chi connectivity index (χ2n) is 4.53. The van der Waals surface area contributed by atoms with E-state index in [1.165, 1.54) is 30.5 Å². The van der Waals surface area contributed by atoms with Gasteiger partial charge in [-0.3, -0.25) is 14.9 Å². The monoisotopic (exact) mass is 347 g/mol. The molecule has 0 aliphatic carbocycles. The highest BCUT2D eigenvalue weighted by Gasteiger charge is 2.11. The number of nitriles is 1. The van der Waals surface area contributed by atoms with Gasteiger partial charge in [0, 0.05) is 37.1 Å². The summed E-state index contributed by atoms with van der Waals surface area (Å²) in [6.07, 6.45) is 0.636. The van der Waals surface area contributed by atoms with Gasteiger partial charge in [-0.15, -0.1) is 0 Å². The van der Waals surface area contributed by atoms with Crippen LogP contribution in [0.1, 0.15) is 6.92 Å². The van der Waals surface area contributed by atoms with E-state index in [4.69, 9.17) is 5.26 Å². The van der Waals surface area contributed by atoms with Gasteiger partial charge >= 0.3 is 6.09 Å². The van der Waals surface area contributed by atoms with E-state index in [9.17, 15) is 19.7 Å². The third kappa shape index (κ3) is 7.00. The molecule has 0 spiro atoms. The van der Waals surface area contributed by atoms with Crippen LogP contribution in [0.2, 0.25) is 0 Å². The Morgan fingerprint density at radius 2 is 2.16 bits per heavy atom. The lowest BCUT2D eigenvalue weighted by Crippen LogP contribution is -2.31. The summed E-state index contributed by atoms with van der Waals surface area (Å²) in [7, 11) is 0. The minimum atomic E-state index is -0.714. The molecule has 2 amide bonds. The van der Waals surface area contributed by atoms with Crippen molar-refractivity contribution in [3.05, 3.63) is 46.2 Å². The van der Waals surface area contributed by atoms with Crippen molar-refractivity contribution in [2.75, 3.05) is 25.0 Å². The Labute approximate surface area is 143 Å². The minimum Gasteiger partial charge on any atom is -0.450 e. The Balaban J connectivity index is 2.54. The van der Waals surface area contributed by atoms with Gasteiger partial charge in [-0.2, -0.15) is 5.26 Å². The summed E-state index contributed by atoms with van der Waals surface area (Å²) in [6, 6.07) is 7.08. The lowest BCUT2D eigenvalue weighted by atomic mass is 10.2. The molecule has 0 saturated carbocycles. The fourth-order valence-electron chi connectivity index (χ4n) is 1.64. The van der Waals surface area contributed by atoms with Crippen LogP contribution in [0.25, 0.3) is 0 Å². The molecular weight excluding hydrogens is 330 g/mol. The molecule has 0 unspecified atom stereocenters. The number of benzene rings is 1. The number of nitrogens with zero attached hydrogens (tertiary/aromatic N) is 2. The number of amides is 2. The Hall–Kier alpha value is -3.61. The first-order valence-corrected chi connectivity index (χ1v) is 7.28. The van der Waals surface area contributed by atoms with E-state index in [1.807, 2.05) is 0 Å². The van der Waals surface area contributed by atoms with E-state index in [1.54, 1.807) is 13.0 Å². The number of nitro groups is 1. The normalized spacial score (nSPS) is 10.3. The zero-order chi connectivity index (χ0) is 18.7. The third-order valence-electron chi connectivity index (χ3n) is 2.74. The molecule has 0 aliphatic rings. The predicted octanol–water partition coefficient (Wildman–Crippen LogP) is 1.28. The molecule has 0 saturated heterocycles. The third-order valence-corrected chi connectivity index (χ3v) is 2.74. The number of hydrogen-bond donors (Lipinski definition) is 3. The summed E-state index contributed by atoms with van der Waals surface area (Å²) < 4.78 is 4.66. The maximum atomic E-state index is 12.0. The molecule has 0 atom stereocenters. The number of hydrogen-bond acceptors (Lipinski definition) is 7. The summed E-state index contributed by atoms with van der Waals surface area (Å²) in [4.78, 5) is 33.1. The first kappa shape index (κ1) is 19.4. The molecule has 0 aliphatic heterocycles. The summed E-state index contributed by atoms with van der Waals surface area (Å²) in [5.41, 5.74) is -0.199. The van der Waals surface area contributed by atoms with Crippen molar-refractivity contribution in [2.45, 2.75) is 6.92 Å². The first-order chi connectivity index (χ1) is 12.0. The molecule has 25 heavy (non-hydrogen) atoms. The van der Waals surface area contributed by atoms with Gasteiger partial charge in [0.25, 0.3) is 11.6 Å². The highest BCUT2D eigenvalue weighted by Crippen LogP contribution is 2.17. The summed E-state index contributed by atoms with van der Waals surface area (Å²) >= 11 is 0. The minimum absolute atomic E-state index is 0.177. The second kappa shape index (κ2) is 10.2. The van der Waals surface area contributed by atoms with E-state index >= 15 is 0 Å². The SMILES string of the molecule is CCOC(=O)NCCN/C=C(/C#N)C(=O)Nc1cccc([N+](=O)[O-])c1. The fraction of sp³-hybridized carbons (Fsp3) is 0.267. The van der Waals surface area contributed by atoms with Gasteiger partial charge in [0.05, 0.1) is 11.5 Å². The van der Waals surface area contributed by atoms with Crippen LogP contribution in [0, 0.1) is 21.4 Å². The zero-order valence-electron chi connectivity index (χ0n) is 13.4.